The second-order valence-electron chi connectivity index (χ2n) is 2.80. The topological polar surface area (TPSA) is 95.5 Å². The average molecular weight is 210 g/mol. The quantitative estimate of drug-likeness (QED) is 0.558. The molecule has 13 heavy (non-hydrogen) atoms. The molecule has 0 saturated heterocycles. The lowest BCUT2D eigenvalue weighted by Crippen LogP contribution is -2.54. The highest BCUT2D eigenvalue weighted by Crippen LogP contribution is 2.09. The molecule has 1 unspecified atom stereocenters. The molecule has 0 fully saturated rings. The van der Waals surface area contributed by atoms with Gasteiger partial charge in [0.05, 0.1) is 0 Å². The maximum absolute atomic E-state index is 11.0. The highest BCUT2D eigenvalue weighted by molar-refractivity contribution is 7.87. The Morgan fingerprint density at radius 1 is 1.54 bits per heavy atom. The second kappa shape index (κ2) is 4.03. The van der Waals surface area contributed by atoms with Crippen LogP contribution in [0.15, 0.2) is 0 Å². The Bertz CT molecular complexity index is 287. The van der Waals surface area contributed by atoms with Crippen LogP contribution in [0.1, 0.15) is 20.3 Å². The first-order valence-corrected chi connectivity index (χ1v) is 5.21. The van der Waals surface area contributed by atoms with Gasteiger partial charge in [-0.05, 0) is 13.3 Å². The fraction of sp³-hybridized carbons (Fsp3) is 0.833. The number of hydrogen-bond acceptors (Lipinski definition) is 3. The largest absolute Gasteiger partial charge is 0.480 e. The van der Waals surface area contributed by atoms with Crippen LogP contribution in [-0.4, -0.2) is 32.1 Å². The van der Waals surface area contributed by atoms with Gasteiger partial charge in [0.1, 0.15) is 5.54 Å². The van der Waals surface area contributed by atoms with Crippen LogP contribution in [-0.2, 0) is 15.0 Å². The van der Waals surface area contributed by atoms with Gasteiger partial charge in [-0.25, -0.2) is 4.72 Å². The van der Waals surface area contributed by atoms with E-state index in [0.29, 0.717) is 0 Å². The molecule has 0 radical (unpaired) electrons. The molecule has 0 aromatic carbocycles. The van der Waals surface area contributed by atoms with E-state index in [1.807, 2.05) is 9.44 Å². The van der Waals surface area contributed by atoms with E-state index in [-0.39, 0.29) is 6.42 Å². The average Bonchev–Trinajstić information content (AvgIpc) is 2.03. The maximum atomic E-state index is 11.0. The zero-order chi connectivity index (χ0) is 10.7. The van der Waals surface area contributed by atoms with Crippen molar-refractivity contribution in [2.75, 3.05) is 7.05 Å². The van der Waals surface area contributed by atoms with Gasteiger partial charge in [-0.2, -0.15) is 13.1 Å². The molecule has 0 rings (SSSR count). The molecule has 0 aromatic rings. The van der Waals surface area contributed by atoms with Crippen molar-refractivity contribution < 1.29 is 18.3 Å². The standard InChI is InChI=1S/C6H14N2O4S/c1-4-6(2,5(9)10)8-13(11,12)7-3/h7-8H,4H2,1-3H3,(H,9,10). The number of hydrogen-bond donors (Lipinski definition) is 3. The summed E-state index contributed by atoms with van der Waals surface area (Å²) in [4.78, 5) is 10.7. The molecule has 0 aliphatic heterocycles. The van der Waals surface area contributed by atoms with E-state index in [1.54, 1.807) is 6.92 Å². The molecule has 0 aromatic heterocycles. The molecule has 0 spiro atoms. The van der Waals surface area contributed by atoms with Gasteiger partial charge in [0.2, 0.25) is 0 Å². The van der Waals surface area contributed by atoms with Crippen LogP contribution in [0, 0.1) is 0 Å². The molecular weight excluding hydrogens is 196 g/mol. The highest BCUT2D eigenvalue weighted by Gasteiger charge is 2.34. The third-order valence-electron chi connectivity index (χ3n) is 1.81. The van der Waals surface area contributed by atoms with Crippen LogP contribution < -0.4 is 9.44 Å². The molecule has 0 saturated carbocycles. The molecule has 78 valence electrons. The fourth-order valence-corrected chi connectivity index (χ4v) is 1.54. The summed E-state index contributed by atoms with van der Waals surface area (Å²) in [7, 11) is -2.51. The molecular formula is C6H14N2O4S. The zero-order valence-electron chi connectivity index (χ0n) is 7.79. The SMILES string of the molecule is CCC(C)(NS(=O)(=O)NC)C(=O)O. The normalized spacial score (nSPS) is 16.5. The number of rotatable bonds is 5. The van der Waals surface area contributed by atoms with Crippen molar-refractivity contribution in [3.63, 3.8) is 0 Å². The first-order chi connectivity index (χ1) is 5.77. The number of nitrogens with one attached hydrogen (secondary N) is 2. The van der Waals surface area contributed by atoms with Crippen LogP contribution in [0.5, 0.6) is 0 Å². The predicted octanol–water partition coefficient (Wildman–Crippen LogP) is -0.706. The first kappa shape index (κ1) is 12.3. The third-order valence-corrected chi connectivity index (χ3v) is 3.06. The minimum absolute atomic E-state index is 0.170. The van der Waals surface area contributed by atoms with Crippen molar-refractivity contribution in [3.05, 3.63) is 0 Å². The van der Waals surface area contributed by atoms with Gasteiger partial charge in [0.15, 0.2) is 0 Å². The summed E-state index contributed by atoms with van der Waals surface area (Å²) in [5.41, 5.74) is -1.46. The van der Waals surface area contributed by atoms with Gasteiger partial charge < -0.3 is 5.11 Å². The summed E-state index contributed by atoms with van der Waals surface area (Å²) in [6.45, 7) is 2.90. The Morgan fingerprint density at radius 2 is 2.00 bits per heavy atom. The van der Waals surface area contributed by atoms with Gasteiger partial charge >= 0.3 is 5.97 Å². The lowest BCUT2D eigenvalue weighted by atomic mass is 10.0. The Labute approximate surface area is 77.5 Å². The van der Waals surface area contributed by atoms with E-state index < -0.39 is 21.7 Å². The molecule has 7 heteroatoms. The van der Waals surface area contributed by atoms with Crippen molar-refractivity contribution in [2.24, 2.45) is 0 Å². The van der Waals surface area contributed by atoms with Crippen LogP contribution in [0.2, 0.25) is 0 Å². The van der Waals surface area contributed by atoms with Gasteiger partial charge in [-0.15, -0.1) is 0 Å². The molecule has 0 heterocycles. The Morgan fingerprint density at radius 3 is 2.23 bits per heavy atom. The number of carboxylic acid groups (broad SMARTS) is 1. The molecule has 0 aliphatic carbocycles. The molecule has 3 N–H and O–H groups in total. The van der Waals surface area contributed by atoms with E-state index in [9.17, 15) is 13.2 Å². The minimum atomic E-state index is -3.72. The molecule has 0 amide bonds. The summed E-state index contributed by atoms with van der Waals surface area (Å²) >= 11 is 0. The van der Waals surface area contributed by atoms with Crippen LogP contribution in [0.4, 0.5) is 0 Å². The lowest BCUT2D eigenvalue weighted by Gasteiger charge is -2.23. The summed E-state index contributed by atoms with van der Waals surface area (Å²) in [5, 5.41) is 8.74. The van der Waals surface area contributed by atoms with Gasteiger partial charge in [0.25, 0.3) is 10.2 Å². The predicted molar refractivity (Wildman–Crippen MR) is 47.4 cm³/mol. The number of carbonyl (C=O) groups is 1. The smallest absolute Gasteiger partial charge is 0.324 e. The van der Waals surface area contributed by atoms with Crippen LogP contribution >= 0.6 is 0 Å². The molecule has 6 nitrogen and oxygen atoms in total. The van der Waals surface area contributed by atoms with Gasteiger partial charge in [0, 0.05) is 7.05 Å². The van der Waals surface area contributed by atoms with Crippen molar-refractivity contribution in [1.29, 1.82) is 0 Å². The highest BCUT2D eigenvalue weighted by atomic mass is 32.2. The monoisotopic (exact) mass is 210 g/mol. The van der Waals surface area contributed by atoms with E-state index in [2.05, 4.69) is 0 Å². The van der Waals surface area contributed by atoms with E-state index in [4.69, 9.17) is 5.11 Å². The van der Waals surface area contributed by atoms with Gasteiger partial charge in [-0.1, -0.05) is 6.92 Å². The van der Waals surface area contributed by atoms with E-state index in [1.165, 1.54) is 14.0 Å². The summed E-state index contributed by atoms with van der Waals surface area (Å²) in [6, 6.07) is 0. The van der Waals surface area contributed by atoms with E-state index in [0.717, 1.165) is 0 Å². The molecule has 0 bridgehead atoms. The summed E-state index contributed by atoms with van der Waals surface area (Å²) in [5.74, 6) is -1.20. The fourth-order valence-electron chi connectivity index (χ4n) is 0.615. The summed E-state index contributed by atoms with van der Waals surface area (Å²) < 4.78 is 26.0. The van der Waals surface area contributed by atoms with Crippen LogP contribution in [0.25, 0.3) is 0 Å². The van der Waals surface area contributed by atoms with Crippen molar-refractivity contribution in [1.82, 2.24) is 9.44 Å². The molecule has 1 atom stereocenters. The Hall–Kier alpha value is -0.660. The maximum Gasteiger partial charge on any atom is 0.324 e. The van der Waals surface area contributed by atoms with Crippen molar-refractivity contribution in [3.8, 4) is 0 Å². The summed E-state index contributed by atoms with van der Waals surface area (Å²) in [6.07, 6.45) is 0.170. The van der Waals surface area contributed by atoms with Crippen molar-refractivity contribution in [2.45, 2.75) is 25.8 Å². The van der Waals surface area contributed by atoms with Crippen LogP contribution in [0.3, 0.4) is 0 Å². The molecule has 0 aliphatic rings. The Kier molecular flexibility index (Phi) is 3.83. The number of aliphatic carboxylic acids is 1. The lowest BCUT2D eigenvalue weighted by molar-refractivity contribution is -0.143. The minimum Gasteiger partial charge on any atom is -0.480 e. The first-order valence-electron chi connectivity index (χ1n) is 3.73. The second-order valence-corrected chi connectivity index (χ2v) is 4.42. The number of carboxylic acids is 1. The van der Waals surface area contributed by atoms with E-state index >= 15 is 0 Å². The van der Waals surface area contributed by atoms with Crippen molar-refractivity contribution >= 4 is 16.2 Å². The third kappa shape index (κ3) is 3.29. The van der Waals surface area contributed by atoms with Gasteiger partial charge in [-0.3, -0.25) is 4.79 Å². The zero-order valence-corrected chi connectivity index (χ0v) is 8.60. The Balaban J connectivity index is 4.75.